The SMILES string of the molecule is CCn1ccnc1CN1CCN(Cc2cccc(OC)c2)CC1C. The quantitative estimate of drug-likeness (QED) is 0.816. The van der Waals surface area contributed by atoms with Gasteiger partial charge in [0.05, 0.1) is 13.7 Å². The number of benzene rings is 1. The molecule has 2 aromatic rings. The van der Waals surface area contributed by atoms with Gasteiger partial charge in [-0.1, -0.05) is 12.1 Å². The number of methoxy groups -OCH3 is 1. The first-order chi connectivity index (χ1) is 11.7. The van der Waals surface area contributed by atoms with Crippen LogP contribution in [0.2, 0.25) is 0 Å². The summed E-state index contributed by atoms with van der Waals surface area (Å²) in [6.45, 7) is 10.7. The molecule has 2 heterocycles. The van der Waals surface area contributed by atoms with Gasteiger partial charge in [-0.15, -0.1) is 0 Å². The van der Waals surface area contributed by atoms with Gasteiger partial charge in [0.1, 0.15) is 11.6 Å². The van der Waals surface area contributed by atoms with Crippen molar-refractivity contribution in [2.24, 2.45) is 0 Å². The number of aryl methyl sites for hydroxylation is 1. The second-order valence-electron chi connectivity index (χ2n) is 6.54. The summed E-state index contributed by atoms with van der Waals surface area (Å²) in [5, 5.41) is 0. The van der Waals surface area contributed by atoms with Gasteiger partial charge in [0.25, 0.3) is 0 Å². The van der Waals surface area contributed by atoms with Gasteiger partial charge in [-0.25, -0.2) is 4.98 Å². The van der Waals surface area contributed by atoms with Crippen molar-refractivity contribution in [3.05, 3.63) is 48.0 Å². The molecule has 1 fully saturated rings. The standard InChI is InChI=1S/C19H28N4O/c1-4-22-9-8-20-19(22)15-23-11-10-21(13-16(23)2)14-17-6-5-7-18(12-17)24-3/h5-9,12,16H,4,10-11,13-15H2,1-3H3. The maximum Gasteiger partial charge on any atom is 0.122 e. The Morgan fingerprint density at radius 2 is 2.12 bits per heavy atom. The van der Waals surface area contributed by atoms with Gasteiger partial charge in [0, 0.05) is 51.2 Å². The van der Waals surface area contributed by atoms with Crippen LogP contribution in [0, 0.1) is 0 Å². The van der Waals surface area contributed by atoms with Crippen LogP contribution >= 0.6 is 0 Å². The molecule has 3 rings (SSSR count). The van der Waals surface area contributed by atoms with Crippen LogP contribution in [-0.2, 0) is 19.6 Å². The average molecular weight is 328 g/mol. The van der Waals surface area contributed by atoms with Crippen LogP contribution in [0.5, 0.6) is 5.75 Å². The minimum absolute atomic E-state index is 0.534. The zero-order valence-corrected chi connectivity index (χ0v) is 15.0. The van der Waals surface area contributed by atoms with Crippen molar-refractivity contribution in [2.45, 2.75) is 39.5 Å². The fourth-order valence-corrected chi connectivity index (χ4v) is 3.44. The average Bonchev–Trinajstić information content (AvgIpc) is 3.05. The summed E-state index contributed by atoms with van der Waals surface area (Å²) in [6.07, 6.45) is 3.97. The van der Waals surface area contributed by atoms with Gasteiger partial charge in [0.15, 0.2) is 0 Å². The normalized spacial score (nSPS) is 19.5. The van der Waals surface area contributed by atoms with Crippen molar-refractivity contribution < 1.29 is 4.74 Å². The largest absolute Gasteiger partial charge is 0.497 e. The van der Waals surface area contributed by atoms with Crippen LogP contribution in [0.25, 0.3) is 0 Å². The van der Waals surface area contributed by atoms with E-state index in [0.717, 1.165) is 45.0 Å². The van der Waals surface area contributed by atoms with Crippen molar-refractivity contribution in [2.75, 3.05) is 26.7 Å². The third kappa shape index (κ3) is 3.97. The lowest BCUT2D eigenvalue weighted by molar-refractivity contribution is 0.0705. The maximum absolute atomic E-state index is 5.33. The van der Waals surface area contributed by atoms with Crippen LogP contribution in [0.15, 0.2) is 36.7 Å². The molecule has 130 valence electrons. The Kier molecular flexibility index (Phi) is 5.53. The summed E-state index contributed by atoms with van der Waals surface area (Å²) in [7, 11) is 1.72. The minimum atomic E-state index is 0.534. The molecule has 0 bridgehead atoms. The Morgan fingerprint density at radius 3 is 2.88 bits per heavy atom. The lowest BCUT2D eigenvalue weighted by Crippen LogP contribution is -2.51. The molecule has 1 unspecified atom stereocenters. The van der Waals surface area contributed by atoms with Gasteiger partial charge >= 0.3 is 0 Å². The van der Waals surface area contributed by atoms with Crippen LogP contribution in [0.1, 0.15) is 25.2 Å². The van der Waals surface area contributed by atoms with E-state index in [2.05, 4.69) is 57.6 Å². The van der Waals surface area contributed by atoms with E-state index in [1.165, 1.54) is 11.4 Å². The summed E-state index contributed by atoms with van der Waals surface area (Å²) in [4.78, 5) is 9.58. The Balaban J connectivity index is 1.56. The highest BCUT2D eigenvalue weighted by Crippen LogP contribution is 2.18. The molecule has 24 heavy (non-hydrogen) atoms. The molecule has 5 nitrogen and oxygen atoms in total. The third-order valence-corrected chi connectivity index (χ3v) is 4.88. The van der Waals surface area contributed by atoms with Crippen molar-refractivity contribution in [1.29, 1.82) is 0 Å². The van der Waals surface area contributed by atoms with Gasteiger partial charge < -0.3 is 9.30 Å². The second kappa shape index (κ2) is 7.81. The Hall–Kier alpha value is -1.85. The molecule has 1 aliphatic rings. The van der Waals surface area contributed by atoms with Gasteiger partial charge in [-0.05, 0) is 31.5 Å². The summed E-state index contributed by atoms with van der Waals surface area (Å²) in [5.74, 6) is 2.11. The predicted octanol–water partition coefficient (Wildman–Crippen LogP) is 2.62. The highest BCUT2D eigenvalue weighted by atomic mass is 16.5. The van der Waals surface area contributed by atoms with Crippen molar-refractivity contribution >= 4 is 0 Å². The Bertz CT molecular complexity index is 654. The first-order valence-electron chi connectivity index (χ1n) is 8.79. The molecular weight excluding hydrogens is 300 g/mol. The molecule has 1 aromatic heterocycles. The monoisotopic (exact) mass is 328 g/mol. The van der Waals surface area contributed by atoms with Gasteiger partial charge in [-0.2, -0.15) is 0 Å². The van der Waals surface area contributed by atoms with E-state index in [1.54, 1.807) is 7.11 Å². The van der Waals surface area contributed by atoms with Crippen molar-refractivity contribution in [1.82, 2.24) is 19.4 Å². The van der Waals surface area contributed by atoms with Crippen molar-refractivity contribution in [3.63, 3.8) is 0 Å². The molecule has 5 heteroatoms. The third-order valence-electron chi connectivity index (χ3n) is 4.88. The van der Waals surface area contributed by atoms with Gasteiger partial charge in [0.2, 0.25) is 0 Å². The summed E-state index contributed by atoms with van der Waals surface area (Å²) < 4.78 is 7.56. The highest BCUT2D eigenvalue weighted by Gasteiger charge is 2.24. The topological polar surface area (TPSA) is 33.5 Å². The van der Waals surface area contributed by atoms with E-state index in [0.29, 0.717) is 6.04 Å². The summed E-state index contributed by atoms with van der Waals surface area (Å²) >= 11 is 0. The number of hydrogen-bond donors (Lipinski definition) is 0. The van der Waals surface area contributed by atoms with E-state index in [-0.39, 0.29) is 0 Å². The number of aromatic nitrogens is 2. The smallest absolute Gasteiger partial charge is 0.122 e. The predicted molar refractivity (Wildman–Crippen MR) is 96.0 cm³/mol. The number of imidazole rings is 1. The summed E-state index contributed by atoms with van der Waals surface area (Å²) in [5.41, 5.74) is 1.32. The molecule has 0 saturated carbocycles. The first kappa shape index (κ1) is 17.0. The second-order valence-corrected chi connectivity index (χ2v) is 6.54. The summed E-state index contributed by atoms with van der Waals surface area (Å²) in [6, 6.07) is 8.91. The van der Waals surface area contributed by atoms with Crippen LogP contribution in [0.3, 0.4) is 0 Å². The fourth-order valence-electron chi connectivity index (χ4n) is 3.44. The number of rotatable bonds is 6. The molecule has 0 radical (unpaired) electrons. The van der Waals surface area contributed by atoms with Crippen LogP contribution < -0.4 is 4.74 Å². The van der Waals surface area contributed by atoms with E-state index < -0.39 is 0 Å². The maximum atomic E-state index is 5.33. The minimum Gasteiger partial charge on any atom is -0.497 e. The molecule has 1 aliphatic heterocycles. The fraction of sp³-hybridized carbons (Fsp3) is 0.526. The van der Waals surface area contributed by atoms with E-state index in [9.17, 15) is 0 Å². The molecule has 0 spiro atoms. The zero-order chi connectivity index (χ0) is 16.9. The molecule has 0 aliphatic carbocycles. The first-order valence-corrected chi connectivity index (χ1v) is 8.79. The molecule has 0 N–H and O–H groups in total. The molecular formula is C19H28N4O. The van der Waals surface area contributed by atoms with Crippen LogP contribution in [0.4, 0.5) is 0 Å². The number of nitrogens with zero attached hydrogens (tertiary/aromatic N) is 4. The Labute approximate surface area is 144 Å². The molecule has 0 amide bonds. The van der Waals surface area contributed by atoms with E-state index in [4.69, 9.17) is 4.74 Å². The van der Waals surface area contributed by atoms with E-state index in [1.807, 2.05) is 12.3 Å². The lowest BCUT2D eigenvalue weighted by atomic mass is 10.1. The zero-order valence-electron chi connectivity index (χ0n) is 15.0. The lowest BCUT2D eigenvalue weighted by Gasteiger charge is -2.39. The van der Waals surface area contributed by atoms with Crippen LogP contribution in [-0.4, -0.2) is 52.1 Å². The molecule has 1 atom stereocenters. The van der Waals surface area contributed by atoms with E-state index >= 15 is 0 Å². The number of hydrogen-bond acceptors (Lipinski definition) is 4. The highest BCUT2D eigenvalue weighted by molar-refractivity contribution is 5.28. The molecule has 1 saturated heterocycles. The number of piperazine rings is 1. The Morgan fingerprint density at radius 1 is 1.25 bits per heavy atom. The molecule has 1 aromatic carbocycles. The number of ether oxygens (including phenoxy) is 1. The van der Waals surface area contributed by atoms with Gasteiger partial charge in [-0.3, -0.25) is 9.80 Å². The van der Waals surface area contributed by atoms with Crippen molar-refractivity contribution in [3.8, 4) is 5.75 Å².